The summed E-state index contributed by atoms with van der Waals surface area (Å²) < 4.78 is 5.87. The van der Waals surface area contributed by atoms with Crippen molar-refractivity contribution in [2.24, 2.45) is 0 Å². The van der Waals surface area contributed by atoms with E-state index in [0.717, 1.165) is 16.5 Å². The number of H-pyrrole nitrogens is 1. The van der Waals surface area contributed by atoms with E-state index in [-0.39, 0.29) is 18.6 Å². The summed E-state index contributed by atoms with van der Waals surface area (Å²) in [6.07, 6.45) is 2.26. The zero-order valence-corrected chi connectivity index (χ0v) is 20.3. The van der Waals surface area contributed by atoms with Gasteiger partial charge >= 0.3 is 0 Å². The Kier molecular flexibility index (Phi) is 7.52. The van der Waals surface area contributed by atoms with Gasteiger partial charge in [0.05, 0.1) is 29.9 Å². The van der Waals surface area contributed by atoms with Crippen molar-refractivity contribution in [1.82, 2.24) is 10.3 Å². The summed E-state index contributed by atoms with van der Waals surface area (Å²) in [4.78, 5) is 17.1. The van der Waals surface area contributed by atoms with Crippen LogP contribution in [-0.4, -0.2) is 34.8 Å². The van der Waals surface area contributed by atoms with Gasteiger partial charge in [0.25, 0.3) is 5.91 Å². The van der Waals surface area contributed by atoms with Gasteiger partial charge in [-0.15, -0.1) is 11.3 Å². The fourth-order valence-corrected chi connectivity index (χ4v) is 4.40. The number of carbonyl (C=O) groups is 1. The molecule has 0 spiro atoms. The topological polar surface area (TPSA) is 98.1 Å². The maximum Gasteiger partial charge on any atom is 0.255 e. The lowest BCUT2D eigenvalue weighted by molar-refractivity contribution is 0.0910. The van der Waals surface area contributed by atoms with Crippen molar-refractivity contribution in [3.05, 3.63) is 87.2 Å². The average molecular weight is 484 g/mol. The molecular weight excluding hydrogens is 458 g/mol. The summed E-state index contributed by atoms with van der Waals surface area (Å²) in [5.74, 6) is 6.14. The van der Waals surface area contributed by atoms with E-state index < -0.39 is 6.04 Å². The van der Waals surface area contributed by atoms with Crippen LogP contribution in [0.4, 0.5) is 0 Å². The molecule has 0 aliphatic rings. The molecule has 7 heteroatoms. The average Bonchev–Trinajstić information content (AvgIpc) is 3.49. The fraction of sp³-hybridized carbons (Fsp3) is 0.214. The lowest BCUT2D eigenvalue weighted by Crippen LogP contribution is -2.39. The summed E-state index contributed by atoms with van der Waals surface area (Å²) in [7, 11) is 0. The molecule has 0 saturated carbocycles. The molecule has 0 fully saturated rings. The number of hydrogen-bond acceptors (Lipinski definition) is 5. The second-order valence-corrected chi connectivity index (χ2v) is 9.24. The summed E-state index contributed by atoms with van der Waals surface area (Å²) >= 11 is 1.34. The van der Waals surface area contributed by atoms with Crippen LogP contribution in [-0.2, 0) is 6.42 Å². The van der Waals surface area contributed by atoms with Gasteiger partial charge in [-0.2, -0.15) is 5.26 Å². The second kappa shape index (κ2) is 10.9. The van der Waals surface area contributed by atoms with Crippen LogP contribution in [0.3, 0.4) is 0 Å². The number of fused-ring (bicyclic) bond motifs is 1. The molecule has 176 valence electrons. The molecule has 6 nitrogen and oxygen atoms in total. The van der Waals surface area contributed by atoms with E-state index in [4.69, 9.17) is 4.74 Å². The summed E-state index contributed by atoms with van der Waals surface area (Å²) in [6, 6.07) is 16.6. The van der Waals surface area contributed by atoms with Gasteiger partial charge in [0, 0.05) is 22.7 Å². The number of amides is 1. The quantitative estimate of drug-likeness (QED) is 0.334. The number of aromatic amines is 1. The van der Waals surface area contributed by atoms with Crippen LogP contribution in [0, 0.1) is 23.2 Å². The third-order valence-electron chi connectivity index (χ3n) is 5.39. The Balaban J connectivity index is 1.58. The fourth-order valence-electron chi connectivity index (χ4n) is 3.77. The van der Waals surface area contributed by atoms with Crippen LogP contribution < -0.4 is 10.1 Å². The number of para-hydroxylation sites is 1. The molecular formula is C28H25N3O3S. The van der Waals surface area contributed by atoms with E-state index in [2.05, 4.69) is 28.2 Å². The molecule has 35 heavy (non-hydrogen) atoms. The minimum atomic E-state index is -0.479. The molecule has 4 aromatic rings. The van der Waals surface area contributed by atoms with Crippen molar-refractivity contribution in [2.45, 2.75) is 32.4 Å². The number of thiophene rings is 1. The molecule has 2 aromatic carbocycles. The van der Waals surface area contributed by atoms with Gasteiger partial charge in [-0.05, 0) is 61.5 Å². The van der Waals surface area contributed by atoms with E-state index in [9.17, 15) is 15.2 Å². The lowest BCUT2D eigenvalue weighted by Gasteiger charge is -2.19. The highest BCUT2D eigenvalue weighted by Gasteiger charge is 2.19. The first-order chi connectivity index (χ1) is 17.0. The summed E-state index contributed by atoms with van der Waals surface area (Å²) in [5, 5.41) is 25.0. The van der Waals surface area contributed by atoms with E-state index >= 15 is 0 Å². The van der Waals surface area contributed by atoms with Crippen LogP contribution in [0.15, 0.2) is 60.1 Å². The number of carbonyl (C=O) groups excluding carboxylic acids is 1. The molecule has 2 aromatic heterocycles. The Morgan fingerprint density at radius 1 is 1.20 bits per heavy atom. The number of aliphatic hydroxyl groups excluding tert-OH is 1. The van der Waals surface area contributed by atoms with Gasteiger partial charge in [0.15, 0.2) is 0 Å². The number of hydrogen-bond donors (Lipinski definition) is 3. The Hall–Kier alpha value is -4.04. The van der Waals surface area contributed by atoms with Crippen molar-refractivity contribution in [3.8, 4) is 23.7 Å². The minimum absolute atomic E-state index is 0.123. The number of ether oxygens (including phenoxy) is 1. The Morgan fingerprint density at radius 3 is 2.80 bits per heavy atom. The first-order valence-electron chi connectivity index (χ1n) is 11.3. The predicted octanol–water partition coefficient (Wildman–Crippen LogP) is 4.62. The van der Waals surface area contributed by atoms with Crippen LogP contribution in [0.1, 0.15) is 45.8 Å². The molecule has 2 heterocycles. The highest BCUT2D eigenvalue weighted by atomic mass is 32.1. The molecule has 0 unspecified atom stereocenters. The number of nitriles is 1. The molecule has 0 aliphatic carbocycles. The highest BCUT2D eigenvalue weighted by molar-refractivity contribution is 7.10. The van der Waals surface area contributed by atoms with Crippen LogP contribution in [0.2, 0.25) is 0 Å². The number of aromatic nitrogens is 1. The van der Waals surface area contributed by atoms with E-state index in [1.807, 2.05) is 49.7 Å². The Morgan fingerprint density at radius 2 is 2.03 bits per heavy atom. The third-order valence-corrected chi connectivity index (χ3v) is 6.21. The maximum absolute atomic E-state index is 13.3. The predicted molar refractivity (Wildman–Crippen MR) is 138 cm³/mol. The van der Waals surface area contributed by atoms with Crippen molar-refractivity contribution >= 4 is 28.1 Å². The summed E-state index contributed by atoms with van der Waals surface area (Å²) in [6.45, 7) is 3.58. The van der Waals surface area contributed by atoms with Gasteiger partial charge < -0.3 is 20.1 Å². The van der Waals surface area contributed by atoms with Gasteiger partial charge in [0.2, 0.25) is 0 Å². The van der Waals surface area contributed by atoms with Crippen LogP contribution >= 0.6 is 11.3 Å². The Labute approximate surface area is 208 Å². The third kappa shape index (κ3) is 5.73. The normalized spacial score (nSPS) is 11.5. The van der Waals surface area contributed by atoms with E-state index in [1.165, 1.54) is 11.3 Å². The van der Waals surface area contributed by atoms with Gasteiger partial charge in [0.1, 0.15) is 16.7 Å². The van der Waals surface area contributed by atoms with Crippen molar-refractivity contribution < 1.29 is 14.6 Å². The number of rotatable bonds is 7. The molecule has 1 atom stereocenters. The number of benzene rings is 2. The molecule has 0 aliphatic heterocycles. The minimum Gasteiger partial charge on any atom is -0.490 e. The SMILES string of the molecule is CC(C)Oc1ccc(C#Cc2ccsc2C#N)cc1C(=O)N[C@@H](CO)Cc1c[nH]c2ccccc12. The maximum atomic E-state index is 13.3. The first-order valence-corrected chi connectivity index (χ1v) is 12.1. The van der Waals surface area contributed by atoms with Crippen molar-refractivity contribution in [3.63, 3.8) is 0 Å². The smallest absolute Gasteiger partial charge is 0.255 e. The lowest BCUT2D eigenvalue weighted by atomic mass is 10.0. The van der Waals surface area contributed by atoms with Crippen LogP contribution in [0.5, 0.6) is 5.75 Å². The zero-order valence-electron chi connectivity index (χ0n) is 19.5. The van der Waals surface area contributed by atoms with Crippen molar-refractivity contribution in [2.75, 3.05) is 6.61 Å². The second-order valence-electron chi connectivity index (χ2n) is 8.32. The summed E-state index contributed by atoms with van der Waals surface area (Å²) in [5.41, 5.74) is 3.65. The molecule has 0 saturated heterocycles. The standard InChI is InChI=1S/C28H25N3O3S/c1-18(2)34-26-10-8-19(7-9-20-11-12-35-27(20)15-29)13-24(26)28(33)31-22(17-32)14-21-16-30-25-6-4-3-5-23(21)25/h3-6,8,10-13,16,18,22,30,32H,14,17H2,1-2H3,(H,31,33)/t22-/m1/s1. The molecule has 0 bridgehead atoms. The molecule has 3 N–H and O–H groups in total. The molecule has 4 rings (SSSR count). The van der Waals surface area contributed by atoms with E-state index in [1.54, 1.807) is 24.3 Å². The number of nitrogens with zero attached hydrogens (tertiary/aromatic N) is 1. The number of aliphatic hydroxyl groups is 1. The Bertz CT molecular complexity index is 1450. The highest BCUT2D eigenvalue weighted by Crippen LogP contribution is 2.23. The molecule has 1 amide bonds. The van der Waals surface area contributed by atoms with Gasteiger partial charge in [-0.3, -0.25) is 4.79 Å². The molecule has 0 radical (unpaired) electrons. The zero-order chi connectivity index (χ0) is 24.8. The van der Waals surface area contributed by atoms with Crippen LogP contribution in [0.25, 0.3) is 10.9 Å². The van der Waals surface area contributed by atoms with E-state index in [0.29, 0.717) is 33.7 Å². The van der Waals surface area contributed by atoms with Gasteiger partial charge in [-0.1, -0.05) is 30.0 Å². The monoisotopic (exact) mass is 483 g/mol. The van der Waals surface area contributed by atoms with Crippen molar-refractivity contribution in [1.29, 1.82) is 5.26 Å². The first kappa shape index (κ1) is 24.1. The number of nitrogens with one attached hydrogen (secondary N) is 2. The van der Waals surface area contributed by atoms with Gasteiger partial charge in [-0.25, -0.2) is 0 Å². The largest absolute Gasteiger partial charge is 0.490 e.